The average molecular weight is 2500 g/mol. The lowest BCUT2D eigenvalue weighted by atomic mass is 11.8. The Bertz CT molecular complexity index is 2530. The SMILES string of the molecule is C[SiH2]O[SiH](C)O[SiH](C)O[SiH](C)O[SiH](C)O[SiH](C)O[SiH](C)O[SiH](C)O[SiH](C)O[SiH](C)O[SiH](C)O[SiH](C)O[SiH](C)O[SiH](C)O[SiH](C)O[SiH](C)O[SiH](C)O[SiH](C)O[SiH](C)O[SiH](C)O[SiH](C)O[SiH](C)O[SiH](C)O[SiH](C)O[SiH](C)O[SiH](C)O[SiH](C)O[SiH](C)O[SiH](C)O[SiH](C)O[SiH](C)O[SiH](C)O[SiH](C)O[SiH](C)O[SiH](C)O[SiH](C)O[SiH](C)O[SiH](C)O[SiH](C)O[SiH](C)OO[Si](C)(C)C. The van der Waals surface area contributed by atoms with Crippen molar-refractivity contribution in [1.82, 2.24) is 0 Å². The topological polar surface area (TPSA) is 378 Å². The molecule has 0 aromatic rings. The van der Waals surface area contributed by atoms with E-state index in [0.29, 0.717) is 0 Å². The van der Waals surface area contributed by atoms with Gasteiger partial charge in [-0.15, -0.1) is 0 Å². The van der Waals surface area contributed by atoms with E-state index in [4.69, 9.17) is 170 Å². The molecule has 0 N–H and O–H groups in total. The third-order valence-corrected chi connectivity index (χ3v) is 136. The zero-order valence-corrected chi connectivity index (χ0v) is 131. The maximum Gasteiger partial charge on any atom is 0.346 e. The van der Waals surface area contributed by atoms with Crippen molar-refractivity contribution in [3.05, 3.63) is 0 Å². The third kappa shape index (κ3) is 77.5. The molecule has 0 bridgehead atoms. The van der Waals surface area contributed by atoms with Crippen LogP contribution >= 0.6 is 0 Å². The molecule has 0 spiro atoms. The van der Waals surface area contributed by atoms with Crippen LogP contribution in [0.15, 0.2) is 0 Å². The summed E-state index contributed by atoms with van der Waals surface area (Å²) in [5, 5.41) is 0. The fourth-order valence-corrected chi connectivity index (χ4v) is 130. The molecule has 0 fully saturated rings. The highest BCUT2D eigenvalue weighted by atomic mass is 28.5. The molecule has 39 atom stereocenters. The van der Waals surface area contributed by atoms with Gasteiger partial charge in [-0.2, -0.15) is 0 Å². The van der Waals surface area contributed by atoms with E-state index >= 15 is 0 Å². The molecule has 0 aliphatic heterocycles. The summed E-state index contributed by atoms with van der Waals surface area (Å²) in [6, 6.07) is 0. The Morgan fingerprint density at radius 1 is 0.120 bits per heavy atom. The largest absolute Gasteiger partial charge is 0.444 e. The first-order valence-electron chi connectivity index (χ1n) is 43.8. The van der Waals surface area contributed by atoms with Crippen molar-refractivity contribution in [1.29, 1.82) is 0 Å². The normalized spacial score (nSPS) is 22.4. The molecule has 125 heavy (non-hydrogen) atoms. The van der Waals surface area contributed by atoms with Gasteiger partial charge >= 0.3 is 9.28 Å². The standard InChI is InChI=1S/C43H170O41Si41/c1-85-46-87(3)48-89(5)50-91(7)52-93(9)54-95(11)56-97(13)58-99(15)60-101(17)62-103(19)64-105(21)66-107(23)68-109(25)70-111(27)72-113(29)74-115(31)76-117(33)78-119(35)80-121(37)82-123(39)84-124(40)83-122(38)81-120(36)79-118(34)77-116(32)75-114(30)73-112(28)71-110(26)69-108(24)67-106(22)65-104(20)63-102(18)61-100(16)59-98(14)57-96(12)55-94(10)53-92(8)51-90(6)49-88(4)47-86(2)44-45-125(41,42)43/h86-124H,85H2,1-43H3. The molecule has 0 saturated heterocycles. The molecule has 0 amide bonds. The summed E-state index contributed by atoms with van der Waals surface area (Å²) in [6.07, 6.45) is 0. The Labute approximate surface area is 823 Å². The highest BCUT2D eigenvalue weighted by Crippen LogP contribution is 2.16. The van der Waals surface area contributed by atoms with Crippen LogP contribution < -0.4 is 0 Å². The molecule has 0 aliphatic rings. The Hall–Kier alpha value is 7.25. The summed E-state index contributed by atoms with van der Waals surface area (Å²) < 4.78 is 256. The first kappa shape index (κ1) is 132. The second-order valence-electron chi connectivity index (χ2n) is 30.1. The molecule has 0 aliphatic carbocycles. The average Bonchev–Trinajstić information content (AvgIpc) is 0.927. The first-order chi connectivity index (χ1) is 57.9. The van der Waals surface area contributed by atoms with Crippen LogP contribution in [0.5, 0.6) is 0 Å². The number of hydrogen-bond acceptors (Lipinski definition) is 41. The molecule has 0 rings (SSSR count). The minimum Gasteiger partial charge on any atom is -0.444 e. The molecule has 0 aromatic carbocycles. The second kappa shape index (κ2) is 75.0. The van der Waals surface area contributed by atoms with Gasteiger partial charge in [0, 0.05) is 0 Å². The van der Waals surface area contributed by atoms with Gasteiger partial charge in [-0.3, -0.25) is 9.15 Å². The van der Waals surface area contributed by atoms with Gasteiger partial charge in [0.2, 0.25) is 8.32 Å². The molecule has 0 radical (unpaired) electrons. The van der Waals surface area contributed by atoms with Crippen LogP contribution in [0.3, 0.4) is 0 Å². The summed E-state index contributed by atoms with van der Waals surface area (Å²) in [5.74, 6) is 0. The van der Waals surface area contributed by atoms with Gasteiger partial charge in [0.1, 0.15) is 9.76 Å². The smallest absolute Gasteiger partial charge is 0.346 e. The first-order valence-corrected chi connectivity index (χ1v) is 131. The maximum atomic E-state index is 6.34. The van der Waals surface area contributed by atoms with Gasteiger partial charge in [0.05, 0.1) is 0 Å². The van der Waals surface area contributed by atoms with E-state index in [9.17, 15) is 0 Å². The van der Waals surface area contributed by atoms with Gasteiger partial charge in [-0.25, -0.2) is 0 Å². The number of hydrogen-bond donors (Lipinski definition) is 0. The van der Waals surface area contributed by atoms with E-state index in [0.717, 1.165) is 0 Å². The monoisotopic (exact) mass is 2490 g/mol. The quantitative estimate of drug-likeness (QED) is 0.0316. The van der Waals surface area contributed by atoms with E-state index in [2.05, 4.69) is 32.7 Å². The fourth-order valence-electron chi connectivity index (χ4n) is 12.0. The highest BCUT2D eigenvalue weighted by Gasteiger charge is 2.35. The van der Waals surface area contributed by atoms with Gasteiger partial charge in [-0.05, 0) is 275 Å². The Morgan fingerprint density at radius 3 is 0.264 bits per heavy atom. The van der Waals surface area contributed by atoms with Crippen molar-refractivity contribution >= 4 is 380 Å². The van der Waals surface area contributed by atoms with Crippen LogP contribution in [0, 0.1) is 0 Å². The minimum atomic E-state index is -2.07. The fraction of sp³-hybridized carbons (Fsp3) is 1.00. The van der Waals surface area contributed by atoms with Crippen LogP contribution in [0.4, 0.5) is 0 Å². The molecule has 0 heterocycles. The van der Waals surface area contributed by atoms with Crippen molar-refractivity contribution in [3.63, 3.8) is 0 Å². The van der Waals surface area contributed by atoms with Gasteiger partial charge in [-0.1, -0.05) is 6.55 Å². The predicted molar refractivity (Wildman–Crippen MR) is 590 cm³/mol. The Morgan fingerprint density at radius 2 is 0.192 bits per heavy atom. The molecule has 0 saturated carbocycles. The van der Waals surface area contributed by atoms with Gasteiger partial charge < -0.3 is 160 Å². The van der Waals surface area contributed by atoms with E-state index in [1.54, 1.807) is 0 Å². The highest BCUT2D eigenvalue weighted by molar-refractivity contribution is 6.80. The van der Waals surface area contributed by atoms with E-state index in [1.807, 2.05) is 249 Å². The number of rotatable bonds is 81. The van der Waals surface area contributed by atoms with Crippen molar-refractivity contribution in [2.24, 2.45) is 0 Å². The lowest BCUT2D eigenvalue weighted by molar-refractivity contribution is -0.129. The van der Waals surface area contributed by atoms with Crippen LogP contribution in [-0.4, -0.2) is 380 Å². The van der Waals surface area contributed by atoms with Crippen molar-refractivity contribution in [2.75, 3.05) is 0 Å². The van der Waals surface area contributed by atoms with Crippen LogP contribution in [0.25, 0.3) is 0 Å². The van der Waals surface area contributed by atoms with E-state index < -0.39 is 380 Å². The molecule has 0 aromatic heterocycles. The molecule has 82 heteroatoms. The van der Waals surface area contributed by atoms with Crippen LogP contribution in [0.1, 0.15) is 0 Å². The summed E-state index contributed by atoms with van der Waals surface area (Å²) in [4.78, 5) is 0. The lowest BCUT2D eigenvalue weighted by Crippen LogP contribution is -2.44. The van der Waals surface area contributed by atoms with Crippen LogP contribution in [0.2, 0.25) is 282 Å². The second-order valence-corrected chi connectivity index (χ2v) is 122. The van der Waals surface area contributed by atoms with E-state index in [-0.39, 0.29) is 0 Å². The van der Waals surface area contributed by atoms with Crippen molar-refractivity contribution in [3.8, 4) is 0 Å². The summed E-state index contributed by atoms with van der Waals surface area (Å²) in [5.41, 5.74) is 0. The summed E-state index contributed by atoms with van der Waals surface area (Å²) in [6.45, 7) is 86.6. The molecule has 39 unspecified atom stereocenters. The lowest BCUT2D eigenvalue weighted by Gasteiger charge is -2.28. The molecule has 752 valence electrons. The van der Waals surface area contributed by atoms with Crippen molar-refractivity contribution < 1.29 is 170 Å². The minimum absolute atomic E-state index is 0.481. The molecular weight excluding hydrogens is 2320 g/mol. The zero-order valence-electron chi connectivity index (χ0n) is 83.5. The van der Waals surface area contributed by atoms with E-state index in [1.165, 1.54) is 0 Å². The van der Waals surface area contributed by atoms with Gasteiger partial charge in [0.15, 0.2) is 0 Å². The summed E-state index contributed by atoms with van der Waals surface area (Å²) in [7, 11) is -80.7. The van der Waals surface area contributed by atoms with Gasteiger partial charge in [0.25, 0.3) is 353 Å². The van der Waals surface area contributed by atoms with Crippen molar-refractivity contribution in [2.45, 2.75) is 282 Å². The zero-order chi connectivity index (χ0) is 95.7. The Balaban J connectivity index is 4.56. The molecular formula is C43H170O41Si41. The maximum absolute atomic E-state index is 6.34. The molecule has 41 nitrogen and oxygen atoms in total. The predicted octanol–water partition coefficient (Wildman–Crippen LogP) is -4.29. The summed E-state index contributed by atoms with van der Waals surface area (Å²) >= 11 is 0. The van der Waals surface area contributed by atoms with Crippen LogP contribution in [-0.2, 0) is 170 Å². The Kier molecular flexibility index (Phi) is 79.4. The third-order valence-electron chi connectivity index (χ3n) is 15.4.